The van der Waals surface area contributed by atoms with Gasteiger partial charge >= 0.3 is 11.9 Å². The Kier molecular flexibility index (Phi) is 8.69. The SMILES string of the molecule is CC(C)C(=O)OCOC(=O)C1=C(S[C@@H]2CNC(=S)C2)[C@H](C)[C@@H]2[C@@H]([C@@H](C)O[Si](C)(C)C(C)(C)C)C(=O)N12. The lowest BCUT2D eigenvalue weighted by Crippen LogP contribution is -2.65. The van der Waals surface area contributed by atoms with Crippen LogP contribution in [-0.4, -0.2) is 66.8 Å². The van der Waals surface area contributed by atoms with Crippen LogP contribution in [0.15, 0.2) is 10.6 Å². The highest BCUT2D eigenvalue weighted by Crippen LogP contribution is 2.53. The monoisotopic (exact) mass is 556 g/mol. The first-order valence-electron chi connectivity index (χ1n) is 12.6. The molecule has 0 aromatic carbocycles. The standard InChI is InChI=1S/C25H40N2O6S2Si/c1-13(2)23(29)31-12-32-24(30)20-21(35-16-10-17(34)26-11-16)14(3)19-18(22(28)27(19)20)15(4)33-36(8,9)25(5,6)7/h13-16,18-19H,10-12H2,1-9H3,(H,26,34)/t14-,15-,16+,18-,19-/m1/s1. The zero-order valence-electron chi connectivity index (χ0n) is 22.8. The number of rotatable bonds is 9. The molecule has 11 heteroatoms. The van der Waals surface area contributed by atoms with E-state index in [0.717, 1.165) is 16.3 Å². The smallest absolute Gasteiger partial charge is 0.358 e. The lowest BCUT2D eigenvalue weighted by atomic mass is 9.79. The molecule has 1 N–H and O–H groups in total. The Hall–Kier alpha value is -1.43. The lowest BCUT2D eigenvalue weighted by molar-refractivity contribution is -0.173. The second-order valence-corrected chi connectivity index (χ2v) is 18.3. The summed E-state index contributed by atoms with van der Waals surface area (Å²) in [6.45, 7) is 18.6. The first-order chi connectivity index (χ1) is 16.6. The molecule has 5 atom stereocenters. The molecule has 0 bridgehead atoms. The van der Waals surface area contributed by atoms with Crippen LogP contribution in [0.25, 0.3) is 0 Å². The predicted molar refractivity (Wildman–Crippen MR) is 147 cm³/mol. The van der Waals surface area contributed by atoms with Crippen molar-refractivity contribution in [2.45, 2.75) is 90.4 Å². The molecule has 3 rings (SSSR count). The third kappa shape index (κ3) is 5.68. The van der Waals surface area contributed by atoms with Crippen molar-refractivity contribution < 1.29 is 28.3 Å². The van der Waals surface area contributed by atoms with Crippen molar-refractivity contribution in [3.05, 3.63) is 10.6 Å². The normalized spacial score (nSPS) is 27.1. The molecule has 0 aliphatic carbocycles. The average molecular weight is 557 g/mol. The van der Waals surface area contributed by atoms with Crippen molar-refractivity contribution in [2.75, 3.05) is 13.3 Å². The number of amides is 1. The third-order valence-electron chi connectivity index (χ3n) is 7.67. The van der Waals surface area contributed by atoms with E-state index in [-0.39, 0.29) is 51.8 Å². The molecule has 2 fully saturated rings. The molecule has 3 heterocycles. The number of nitrogens with one attached hydrogen (secondary N) is 1. The summed E-state index contributed by atoms with van der Waals surface area (Å²) in [6, 6.07) is -0.179. The van der Waals surface area contributed by atoms with E-state index in [2.05, 4.69) is 46.1 Å². The maximum absolute atomic E-state index is 13.5. The number of carbonyl (C=O) groups is 3. The van der Waals surface area contributed by atoms with E-state index >= 15 is 0 Å². The Labute approximate surface area is 225 Å². The molecular formula is C25H40N2O6S2Si. The van der Waals surface area contributed by atoms with Crippen LogP contribution in [0.4, 0.5) is 0 Å². The van der Waals surface area contributed by atoms with Crippen molar-refractivity contribution in [3.8, 4) is 0 Å². The Bertz CT molecular complexity index is 961. The zero-order valence-corrected chi connectivity index (χ0v) is 25.4. The number of hydrogen-bond donors (Lipinski definition) is 1. The summed E-state index contributed by atoms with van der Waals surface area (Å²) in [5.41, 5.74) is 0.261. The highest BCUT2D eigenvalue weighted by atomic mass is 32.2. The fourth-order valence-electron chi connectivity index (χ4n) is 4.59. The fourth-order valence-corrected chi connectivity index (χ4v) is 7.83. The van der Waals surface area contributed by atoms with Gasteiger partial charge in [0.05, 0.1) is 29.0 Å². The Balaban J connectivity index is 1.82. The molecule has 2 saturated heterocycles. The van der Waals surface area contributed by atoms with E-state index in [1.54, 1.807) is 30.5 Å². The number of nitrogens with zero attached hydrogens (tertiary/aromatic N) is 1. The van der Waals surface area contributed by atoms with Gasteiger partial charge in [-0.15, -0.1) is 11.8 Å². The van der Waals surface area contributed by atoms with Crippen LogP contribution >= 0.6 is 24.0 Å². The van der Waals surface area contributed by atoms with Gasteiger partial charge in [-0.2, -0.15) is 0 Å². The van der Waals surface area contributed by atoms with Gasteiger partial charge in [0.25, 0.3) is 0 Å². The summed E-state index contributed by atoms with van der Waals surface area (Å²) in [6.07, 6.45) is 0.453. The van der Waals surface area contributed by atoms with Gasteiger partial charge in [-0.3, -0.25) is 9.59 Å². The average Bonchev–Trinajstić information content (AvgIpc) is 3.26. The number of esters is 2. The Morgan fingerprint density at radius 2 is 1.86 bits per heavy atom. The number of carbonyl (C=O) groups excluding carboxylic acids is 3. The predicted octanol–water partition coefficient (Wildman–Crippen LogP) is 4.21. The number of thioether (sulfide) groups is 1. The van der Waals surface area contributed by atoms with E-state index in [4.69, 9.17) is 26.1 Å². The molecule has 0 spiro atoms. The number of fused-ring (bicyclic) bond motifs is 1. The van der Waals surface area contributed by atoms with Crippen LogP contribution in [0.5, 0.6) is 0 Å². The summed E-state index contributed by atoms with van der Waals surface area (Å²) in [5, 5.41) is 3.38. The van der Waals surface area contributed by atoms with Gasteiger partial charge in [0.2, 0.25) is 12.7 Å². The molecular weight excluding hydrogens is 517 g/mol. The molecule has 0 aromatic heterocycles. The second-order valence-electron chi connectivity index (χ2n) is 11.7. The van der Waals surface area contributed by atoms with Gasteiger partial charge in [0.15, 0.2) is 8.32 Å². The van der Waals surface area contributed by atoms with Gasteiger partial charge in [-0.05, 0) is 25.1 Å². The molecule has 202 valence electrons. The number of β-lactam (4-membered cyclic amide) rings is 1. The topological polar surface area (TPSA) is 94.2 Å². The minimum absolute atomic E-state index is 0.0184. The maximum atomic E-state index is 13.5. The summed E-state index contributed by atoms with van der Waals surface area (Å²) >= 11 is 6.89. The van der Waals surface area contributed by atoms with Crippen LogP contribution in [0.3, 0.4) is 0 Å². The van der Waals surface area contributed by atoms with Crippen LogP contribution in [-0.2, 0) is 28.3 Å². The molecule has 3 aliphatic heterocycles. The van der Waals surface area contributed by atoms with E-state index in [9.17, 15) is 14.4 Å². The molecule has 3 aliphatic rings. The molecule has 0 unspecified atom stereocenters. The van der Waals surface area contributed by atoms with Crippen LogP contribution in [0.2, 0.25) is 18.1 Å². The lowest BCUT2D eigenvalue weighted by Gasteiger charge is -2.50. The van der Waals surface area contributed by atoms with E-state index in [1.165, 1.54) is 0 Å². The summed E-state index contributed by atoms with van der Waals surface area (Å²) < 4.78 is 16.9. The molecule has 0 saturated carbocycles. The first-order valence-corrected chi connectivity index (χ1v) is 16.8. The summed E-state index contributed by atoms with van der Waals surface area (Å²) in [5.74, 6) is -1.95. The number of ether oxygens (including phenoxy) is 2. The maximum Gasteiger partial charge on any atom is 0.358 e. The van der Waals surface area contributed by atoms with Crippen molar-refractivity contribution >= 4 is 55.1 Å². The third-order valence-corrected chi connectivity index (χ3v) is 14.0. The first kappa shape index (κ1) is 29.1. The van der Waals surface area contributed by atoms with E-state index < -0.39 is 27.0 Å². The largest absolute Gasteiger partial charge is 0.428 e. The molecule has 1 amide bonds. The van der Waals surface area contributed by atoms with Gasteiger partial charge in [0, 0.05) is 29.0 Å². The number of thiocarbonyl (C=S) groups is 1. The highest BCUT2D eigenvalue weighted by molar-refractivity contribution is 8.03. The van der Waals surface area contributed by atoms with Crippen molar-refractivity contribution in [3.63, 3.8) is 0 Å². The quantitative estimate of drug-likeness (QED) is 0.147. The zero-order chi connectivity index (χ0) is 27.2. The van der Waals surface area contributed by atoms with Gasteiger partial charge < -0.3 is 24.1 Å². The van der Waals surface area contributed by atoms with E-state index in [1.807, 2.05) is 6.92 Å². The van der Waals surface area contributed by atoms with E-state index in [0.29, 0.717) is 6.54 Å². The minimum Gasteiger partial charge on any atom is -0.428 e. The highest BCUT2D eigenvalue weighted by Gasteiger charge is 2.61. The summed E-state index contributed by atoms with van der Waals surface area (Å²) in [7, 11) is -2.09. The van der Waals surface area contributed by atoms with Crippen molar-refractivity contribution in [2.24, 2.45) is 17.8 Å². The van der Waals surface area contributed by atoms with Crippen molar-refractivity contribution in [1.29, 1.82) is 0 Å². The van der Waals surface area contributed by atoms with Gasteiger partial charge in [-0.1, -0.05) is 53.8 Å². The number of hydrogen-bond acceptors (Lipinski definition) is 8. The molecule has 8 nitrogen and oxygen atoms in total. The Morgan fingerprint density at radius 3 is 2.39 bits per heavy atom. The van der Waals surface area contributed by atoms with Crippen LogP contribution < -0.4 is 5.32 Å². The molecule has 0 radical (unpaired) electrons. The Morgan fingerprint density at radius 1 is 1.22 bits per heavy atom. The fraction of sp³-hybridized carbons (Fsp3) is 0.760. The molecule has 0 aromatic rings. The second kappa shape index (κ2) is 10.7. The van der Waals surface area contributed by atoms with Crippen LogP contribution in [0.1, 0.15) is 54.9 Å². The van der Waals surface area contributed by atoms with Crippen LogP contribution in [0, 0.1) is 17.8 Å². The molecule has 36 heavy (non-hydrogen) atoms. The van der Waals surface area contributed by atoms with Gasteiger partial charge in [0.1, 0.15) is 5.70 Å². The van der Waals surface area contributed by atoms with Crippen molar-refractivity contribution in [1.82, 2.24) is 10.2 Å². The van der Waals surface area contributed by atoms with Gasteiger partial charge in [-0.25, -0.2) is 4.79 Å². The summed E-state index contributed by atoms with van der Waals surface area (Å²) in [4.78, 5) is 41.7. The minimum atomic E-state index is -2.09.